The van der Waals surface area contributed by atoms with E-state index in [0.717, 1.165) is 31.7 Å². The number of ether oxygens (including phenoxy) is 1. The summed E-state index contributed by atoms with van der Waals surface area (Å²) in [6, 6.07) is 6.70. The fourth-order valence-electron chi connectivity index (χ4n) is 3.26. The highest BCUT2D eigenvalue weighted by molar-refractivity contribution is 5.69. The van der Waals surface area contributed by atoms with E-state index in [2.05, 4.69) is 16.0 Å². The van der Waals surface area contributed by atoms with Crippen LogP contribution in [-0.4, -0.2) is 46.8 Å². The SMILES string of the molecule is CC(C)(C)OC(=O)N1CC2CCC(C1)N2c1ccccn1. The van der Waals surface area contributed by atoms with Gasteiger partial charge >= 0.3 is 6.09 Å². The minimum absolute atomic E-state index is 0.194. The van der Waals surface area contributed by atoms with Crippen LogP contribution >= 0.6 is 0 Å². The Morgan fingerprint density at radius 3 is 2.43 bits per heavy atom. The van der Waals surface area contributed by atoms with Gasteiger partial charge in [-0.1, -0.05) is 6.07 Å². The van der Waals surface area contributed by atoms with Gasteiger partial charge in [-0.2, -0.15) is 0 Å². The molecule has 2 saturated heterocycles. The maximum atomic E-state index is 12.2. The smallest absolute Gasteiger partial charge is 0.410 e. The van der Waals surface area contributed by atoms with Crippen molar-refractivity contribution in [3.8, 4) is 0 Å². The van der Waals surface area contributed by atoms with Crippen LogP contribution in [0.2, 0.25) is 0 Å². The summed E-state index contributed by atoms with van der Waals surface area (Å²) in [4.78, 5) is 20.9. The molecule has 2 atom stereocenters. The number of hydrogen-bond acceptors (Lipinski definition) is 4. The minimum atomic E-state index is -0.436. The Balaban J connectivity index is 1.71. The molecule has 0 aliphatic carbocycles. The van der Waals surface area contributed by atoms with Gasteiger partial charge in [0.1, 0.15) is 11.4 Å². The predicted molar refractivity (Wildman–Crippen MR) is 81.3 cm³/mol. The van der Waals surface area contributed by atoms with E-state index in [1.165, 1.54) is 0 Å². The van der Waals surface area contributed by atoms with Gasteiger partial charge in [-0.15, -0.1) is 0 Å². The van der Waals surface area contributed by atoms with E-state index in [1.807, 2.05) is 44.0 Å². The van der Waals surface area contributed by atoms with Crippen molar-refractivity contribution in [2.45, 2.75) is 51.3 Å². The number of carbonyl (C=O) groups is 1. The highest BCUT2D eigenvalue weighted by atomic mass is 16.6. The predicted octanol–water partition coefficient (Wildman–Crippen LogP) is 2.67. The first-order valence-corrected chi connectivity index (χ1v) is 7.61. The number of nitrogens with zero attached hydrogens (tertiary/aromatic N) is 3. The molecular weight excluding hydrogens is 266 g/mol. The molecule has 0 radical (unpaired) electrons. The van der Waals surface area contributed by atoms with Crippen molar-refractivity contribution in [1.82, 2.24) is 9.88 Å². The zero-order chi connectivity index (χ0) is 15.0. The van der Waals surface area contributed by atoms with Crippen molar-refractivity contribution in [2.75, 3.05) is 18.0 Å². The molecule has 5 heteroatoms. The van der Waals surface area contributed by atoms with Crippen LogP contribution in [0, 0.1) is 0 Å². The van der Waals surface area contributed by atoms with Crippen molar-refractivity contribution in [3.05, 3.63) is 24.4 Å². The van der Waals surface area contributed by atoms with Crippen LogP contribution in [0.25, 0.3) is 0 Å². The van der Waals surface area contributed by atoms with Gasteiger partial charge < -0.3 is 14.5 Å². The summed E-state index contributed by atoms with van der Waals surface area (Å²) in [6.07, 6.45) is 3.86. The van der Waals surface area contributed by atoms with E-state index in [1.54, 1.807) is 0 Å². The van der Waals surface area contributed by atoms with E-state index in [9.17, 15) is 4.79 Å². The molecule has 1 amide bonds. The third-order valence-corrected chi connectivity index (χ3v) is 4.05. The maximum Gasteiger partial charge on any atom is 0.410 e. The summed E-state index contributed by atoms with van der Waals surface area (Å²) in [5.41, 5.74) is -0.436. The molecule has 0 aromatic carbocycles. The Hall–Kier alpha value is -1.78. The van der Waals surface area contributed by atoms with E-state index < -0.39 is 5.60 Å². The van der Waals surface area contributed by atoms with Crippen LogP contribution in [0.4, 0.5) is 10.6 Å². The molecule has 0 saturated carbocycles. The second-order valence-corrected chi connectivity index (χ2v) is 6.87. The first kappa shape index (κ1) is 14.2. The number of carbonyl (C=O) groups excluding carboxylic acids is 1. The Morgan fingerprint density at radius 2 is 1.90 bits per heavy atom. The largest absolute Gasteiger partial charge is 0.444 e. The summed E-state index contributed by atoms with van der Waals surface area (Å²) in [5.74, 6) is 1.02. The number of likely N-dealkylation sites (tertiary alicyclic amines) is 1. The number of amides is 1. The average Bonchev–Trinajstić information content (AvgIpc) is 2.68. The molecule has 2 unspecified atom stereocenters. The van der Waals surface area contributed by atoms with Gasteiger partial charge in [-0.3, -0.25) is 0 Å². The normalized spacial score (nSPS) is 25.1. The van der Waals surface area contributed by atoms with Crippen LogP contribution in [0.3, 0.4) is 0 Å². The molecule has 2 aliphatic heterocycles. The second-order valence-electron chi connectivity index (χ2n) is 6.87. The summed E-state index contributed by atoms with van der Waals surface area (Å²) >= 11 is 0. The number of hydrogen-bond donors (Lipinski definition) is 0. The number of fused-ring (bicyclic) bond motifs is 2. The van der Waals surface area contributed by atoms with Crippen LogP contribution in [0.1, 0.15) is 33.6 Å². The van der Waals surface area contributed by atoms with Crippen molar-refractivity contribution >= 4 is 11.9 Å². The molecule has 0 N–H and O–H groups in total. The fraction of sp³-hybridized carbons (Fsp3) is 0.625. The van der Waals surface area contributed by atoms with Gasteiger partial charge in [0.25, 0.3) is 0 Å². The topological polar surface area (TPSA) is 45.7 Å². The molecule has 2 bridgehead atoms. The standard InChI is InChI=1S/C16H23N3O2/c1-16(2,3)21-15(20)18-10-12-7-8-13(11-18)19(12)14-6-4-5-9-17-14/h4-6,9,12-13H,7-8,10-11H2,1-3H3. The Labute approximate surface area is 125 Å². The summed E-state index contributed by atoms with van der Waals surface area (Å²) in [7, 11) is 0. The Morgan fingerprint density at radius 1 is 1.24 bits per heavy atom. The van der Waals surface area contributed by atoms with Crippen molar-refractivity contribution < 1.29 is 9.53 Å². The van der Waals surface area contributed by atoms with E-state index in [-0.39, 0.29) is 6.09 Å². The van der Waals surface area contributed by atoms with Crippen LogP contribution < -0.4 is 4.90 Å². The molecule has 114 valence electrons. The Bertz CT molecular complexity index is 498. The van der Waals surface area contributed by atoms with E-state index >= 15 is 0 Å². The lowest BCUT2D eigenvalue weighted by Crippen LogP contribution is -2.56. The van der Waals surface area contributed by atoms with E-state index in [4.69, 9.17) is 4.74 Å². The van der Waals surface area contributed by atoms with Crippen molar-refractivity contribution in [2.24, 2.45) is 0 Å². The number of aromatic nitrogens is 1. The molecule has 0 spiro atoms. The molecule has 2 fully saturated rings. The van der Waals surface area contributed by atoms with Gasteiger partial charge in [0, 0.05) is 31.4 Å². The maximum absolute atomic E-state index is 12.2. The molecule has 21 heavy (non-hydrogen) atoms. The van der Waals surface area contributed by atoms with E-state index in [0.29, 0.717) is 12.1 Å². The fourth-order valence-corrected chi connectivity index (χ4v) is 3.26. The number of pyridine rings is 1. The van der Waals surface area contributed by atoms with Gasteiger partial charge in [-0.25, -0.2) is 9.78 Å². The van der Waals surface area contributed by atoms with Gasteiger partial charge in [0.2, 0.25) is 0 Å². The average molecular weight is 289 g/mol. The van der Waals surface area contributed by atoms with Crippen LogP contribution in [0.5, 0.6) is 0 Å². The number of piperazine rings is 1. The van der Waals surface area contributed by atoms with Crippen molar-refractivity contribution in [1.29, 1.82) is 0 Å². The molecule has 3 heterocycles. The summed E-state index contributed by atoms with van der Waals surface area (Å²) in [6.45, 7) is 7.17. The Kier molecular flexibility index (Phi) is 3.51. The minimum Gasteiger partial charge on any atom is -0.444 e. The van der Waals surface area contributed by atoms with Gasteiger partial charge in [-0.05, 0) is 45.7 Å². The van der Waals surface area contributed by atoms with Gasteiger partial charge in [0.15, 0.2) is 0 Å². The number of anilines is 1. The lowest BCUT2D eigenvalue weighted by atomic mass is 10.2. The highest BCUT2D eigenvalue weighted by Crippen LogP contribution is 2.34. The second kappa shape index (κ2) is 5.20. The van der Waals surface area contributed by atoms with Crippen LogP contribution in [-0.2, 0) is 4.74 Å². The quantitative estimate of drug-likeness (QED) is 0.797. The monoisotopic (exact) mass is 289 g/mol. The molecule has 1 aromatic heterocycles. The third-order valence-electron chi connectivity index (χ3n) is 4.05. The van der Waals surface area contributed by atoms with Crippen LogP contribution in [0.15, 0.2) is 24.4 Å². The molecule has 2 aliphatic rings. The third kappa shape index (κ3) is 2.96. The van der Waals surface area contributed by atoms with Crippen molar-refractivity contribution in [3.63, 3.8) is 0 Å². The molecule has 5 nitrogen and oxygen atoms in total. The first-order chi connectivity index (χ1) is 9.94. The highest BCUT2D eigenvalue weighted by Gasteiger charge is 2.42. The van der Waals surface area contributed by atoms with Gasteiger partial charge in [0.05, 0.1) is 0 Å². The zero-order valence-electron chi connectivity index (χ0n) is 13.0. The lowest BCUT2D eigenvalue weighted by molar-refractivity contribution is 0.0209. The first-order valence-electron chi connectivity index (χ1n) is 7.61. The summed E-state index contributed by atoms with van der Waals surface area (Å²) < 4.78 is 5.50. The lowest BCUT2D eigenvalue weighted by Gasteiger charge is -2.41. The molecule has 1 aromatic rings. The number of rotatable bonds is 1. The zero-order valence-corrected chi connectivity index (χ0v) is 13.0. The molecular formula is C16H23N3O2. The summed E-state index contributed by atoms with van der Waals surface area (Å²) in [5, 5.41) is 0. The molecule has 3 rings (SSSR count).